The summed E-state index contributed by atoms with van der Waals surface area (Å²) in [5, 5.41) is 15.7. The fourth-order valence-corrected chi connectivity index (χ4v) is 2.03. The fourth-order valence-electron chi connectivity index (χ4n) is 2.03. The molecule has 0 saturated carbocycles. The van der Waals surface area contributed by atoms with Crippen LogP contribution in [0.5, 0.6) is 0 Å². The first-order chi connectivity index (χ1) is 9.88. The van der Waals surface area contributed by atoms with Crippen LogP contribution in [-0.4, -0.2) is 31.7 Å². The lowest BCUT2D eigenvalue weighted by Gasteiger charge is -2.05. The highest BCUT2D eigenvalue weighted by Crippen LogP contribution is 2.14. The molecular formula is C14H16N4O3. The molecule has 2 rings (SSSR count). The van der Waals surface area contributed by atoms with E-state index in [0.29, 0.717) is 5.69 Å². The van der Waals surface area contributed by atoms with Crippen LogP contribution in [0.1, 0.15) is 27.4 Å². The molecule has 1 amide bonds. The zero-order valence-corrected chi connectivity index (χ0v) is 12.0. The number of nitrogens with one attached hydrogen (secondary N) is 1. The Morgan fingerprint density at radius 1 is 1.33 bits per heavy atom. The highest BCUT2D eigenvalue weighted by atomic mass is 16.4. The maximum atomic E-state index is 12.0. The van der Waals surface area contributed by atoms with Gasteiger partial charge in [0, 0.05) is 18.3 Å². The smallest absolute Gasteiger partial charge is 0.354 e. The molecule has 7 nitrogen and oxygen atoms in total. The van der Waals surface area contributed by atoms with Crippen LogP contribution in [0.15, 0.2) is 18.3 Å². The number of aromatic carboxylic acids is 1. The van der Waals surface area contributed by atoms with E-state index >= 15 is 0 Å². The van der Waals surface area contributed by atoms with Gasteiger partial charge in [-0.25, -0.2) is 9.78 Å². The summed E-state index contributed by atoms with van der Waals surface area (Å²) >= 11 is 0. The molecule has 0 aliphatic rings. The van der Waals surface area contributed by atoms with Crippen molar-refractivity contribution in [3.63, 3.8) is 0 Å². The van der Waals surface area contributed by atoms with Crippen LogP contribution in [-0.2, 0) is 18.3 Å². The molecule has 0 saturated heterocycles. The van der Waals surface area contributed by atoms with Crippen molar-refractivity contribution < 1.29 is 14.7 Å². The fraction of sp³-hybridized carbons (Fsp3) is 0.286. The first-order valence-corrected chi connectivity index (χ1v) is 6.36. The van der Waals surface area contributed by atoms with Crippen LogP contribution in [0.25, 0.3) is 0 Å². The third-order valence-corrected chi connectivity index (χ3v) is 3.26. The highest BCUT2D eigenvalue weighted by molar-refractivity contribution is 5.93. The molecule has 0 fully saturated rings. The van der Waals surface area contributed by atoms with Crippen LogP contribution >= 0.6 is 0 Å². The van der Waals surface area contributed by atoms with Gasteiger partial charge in [0.05, 0.1) is 24.0 Å². The number of rotatable bonds is 4. The van der Waals surface area contributed by atoms with Crippen LogP contribution in [0.3, 0.4) is 0 Å². The number of anilines is 1. The number of hydrogen-bond donors (Lipinski definition) is 2. The van der Waals surface area contributed by atoms with Gasteiger partial charge in [-0.05, 0) is 26.0 Å². The van der Waals surface area contributed by atoms with Gasteiger partial charge >= 0.3 is 5.97 Å². The standard InChI is InChI=1S/C14H16N4O3/c1-8-11(9(2)18(3)17-8)6-13(19)16-10-4-5-12(14(20)21)15-7-10/h4-5,7H,6H2,1-3H3,(H,16,19)(H,20,21). The second-order valence-electron chi connectivity index (χ2n) is 4.74. The van der Waals surface area contributed by atoms with Crippen LogP contribution < -0.4 is 5.32 Å². The molecule has 7 heteroatoms. The number of carboxylic acids is 1. The average molecular weight is 288 g/mol. The molecule has 0 unspecified atom stereocenters. The van der Waals surface area contributed by atoms with Gasteiger partial charge in [0.25, 0.3) is 0 Å². The summed E-state index contributed by atoms with van der Waals surface area (Å²) in [7, 11) is 1.83. The molecule has 0 atom stereocenters. The van der Waals surface area contributed by atoms with E-state index in [1.165, 1.54) is 18.3 Å². The number of pyridine rings is 1. The van der Waals surface area contributed by atoms with E-state index in [1.54, 1.807) is 4.68 Å². The Bertz CT molecular complexity index is 689. The van der Waals surface area contributed by atoms with E-state index in [2.05, 4.69) is 15.4 Å². The first kappa shape index (κ1) is 14.7. The van der Waals surface area contributed by atoms with E-state index in [4.69, 9.17) is 5.11 Å². The molecule has 0 aliphatic carbocycles. The van der Waals surface area contributed by atoms with Gasteiger partial charge in [-0.1, -0.05) is 0 Å². The second-order valence-corrected chi connectivity index (χ2v) is 4.74. The van der Waals surface area contributed by atoms with Gasteiger partial charge < -0.3 is 10.4 Å². The zero-order valence-electron chi connectivity index (χ0n) is 12.0. The Labute approximate surface area is 121 Å². The number of aryl methyl sites for hydroxylation is 2. The summed E-state index contributed by atoms with van der Waals surface area (Å²) in [6.45, 7) is 3.77. The highest BCUT2D eigenvalue weighted by Gasteiger charge is 2.14. The van der Waals surface area contributed by atoms with Gasteiger partial charge in [-0.3, -0.25) is 9.48 Å². The molecular weight excluding hydrogens is 272 g/mol. The molecule has 110 valence electrons. The molecule has 0 spiro atoms. The number of carbonyl (C=O) groups excluding carboxylic acids is 1. The predicted octanol–water partition coefficient (Wildman–Crippen LogP) is 1.31. The maximum Gasteiger partial charge on any atom is 0.354 e. The number of carboxylic acid groups (broad SMARTS) is 1. The van der Waals surface area contributed by atoms with Crippen molar-refractivity contribution in [2.75, 3.05) is 5.32 Å². The van der Waals surface area contributed by atoms with Crippen molar-refractivity contribution in [2.45, 2.75) is 20.3 Å². The summed E-state index contributed by atoms with van der Waals surface area (Å²) in [4.78, 5) is 26.5. The largest absolute Gasteiger partial charge is 0.477 e. The lowest BCUT2D eigenvalue weighted by atomic mass is 10.1. The van der Waals surface area contributed by atoms with E-state index in [1.807, 2.05) is 20.9 Å². The summed E-state index contributed by atoms with van der Waals surface area (Å²) in [5.41, 5.74) is 3.06. The van der Waals surface area contributed by atoms with E-state index < -0.39 is 5.97 Å². The SMILES string of the molecule is Cc1nn(C)c(C)c1CC(=O)Nc1ccc(C(=O)O)nc1. The monoisotopic (exact) mass is 288 g/mol. The second kappa shape index (κ2) is 5.74. The van der Waals surface area contributed by atoms with E-state index in [0.717, 1.165) is 17.0 Å². The molecule has 0 aromatic carbocycles. The Balaban J connectivity index is 2.06. The minimum absolute atomic E-state index is 0.0630. The Morgan fingerprint density at radius 3 is 2.52 bits per heavy atom. The van der Waals surface area contributed by atoms with Crippen LogP contribution in [0.2, 0.25) is 0 Å². The van der Waals surface area contributed by atoms with Gasteiger partial charge in [0.2, 0.25) is 5.91 Å². The Morgan fingerprint density at radius 2 is 2.05 bits per heavy atom. The first-order valence-electron chi connectivity index (χ1n) is 6.36. The van der Waals surface area contributed by atoms with E-state index in [-0.39, 0.29) is 18.0 Å². The van der Waals surface area contributed by atoms with Gasteiger partial charge in [-0.15, -0.1) is 0 Å². The van der Waals surface area contributed by atoms with Crippen molar-refractivity contribution in [3.8, 4) is 0 Å². The third kappa shape index (κ3) is 3.25. The van der Waals surface area contributed by atoms with Gasteiger partial charge in [-0.2, -0.15) is 5.10 Å². The molecule has 0 bridgehead atoms. The minimum atomic E-state index is -1.10. The van der Waals surface area contributed by atoms with Crippen LogP contribution in [0.4, 0.5) is 5.69 Å². The zero-order chi connectivity index (χ0) is 15.6. The van der Waals surface area contributed by atoms with Crippen molar-refractivity contribution >= 4 is 17.6 Å². The molecule has 2 aromatic heterocycles. The Hall–Kier alpha value is -2.70. The quantitative estimate of drug-likeness (QED) is 0.884. The molecule has 2 N–H and O–H groups in total. The van der Waals surface area contributed by atoms with Crippen molar-refractivity contribution in [1.29, 1.82) is 0 Å². The van der Waals surface area contributed by atoms with Crippen molar-refractivity contribution in [2.24, 2.45) is 7.05 Å². The van der Waals surface area contributed by atoms with E-state index in [9.17, 15) is 9.59 Å². The third-order valence-electron chi connectivity index (χ3n) is 3.26. The lowest BCUT2D eigenvalue weighted by Crippen LogP contribution is -2.15. The molecule has 2 aromatic rings. The average Bonchev–Trinajstić information content (AvgIpc) is 2.66. The summed E-state index contributed by atoms with van der Waals surface area (Å²) in [6.07, 6.45) is 1.54. The molecule has 21 heavy (non-hydrogen) atoms. The lowest BCUT2D eigenvalue weighted by molar-refractivity contribution is -0.115. The van der Waals surface area contributed by atoms with Crippen molar-refractivity contribution in [3.05, 3.63) is 41.0 Å². The number of aromatic nitrogens is 3. The van der Waals surface area contributed by atoms with Crippen molar-refractivity contribution in [1.82, 2.24) is 14.8 Å². The molecule has 0 radical (unpaired) electrons. The summed E-state index contributed by atoms with van der Waals surface area (Å²) in [6, 6.07) is 2.86. The maximum absolute atomic E-state index is 12.0. The van der Waals surface area contributed by atoms with Gasteiger partial charge in [0.15, 0.2) is 0 Å². The summed E-state index contributed by atoms with van der Waals surface area (Å²) < 4.78 is 1.74. The summed E-state index contributed by atoms with van der Waals surface area (Å²) in [5.74, 6) is -1.30. The van der Waals surface area contributed by atoms with Crippen LogP contribution in [0, 0.1) is 13.8 Å². The number of nitrogens with zero attached hydrogens (tertiary/aromatic N) is 3. The normalized spacial score (nSPS) is 10.4. The predicted molar refractivity (Wildman–Crippen MR) is 76.2 cm³/mol. The topological polar surface area (TPSA) is 97.1 Å². The number of amides is 1. The Kier molecular flexibility index (Phi) is 4.02. The minimum Gasteiger partial charge on any atom is -0.477 e. The molecule has 0 aliphatic heterocycles. The number of carbonyl (C=O) groups is 2. The molecule has 2 heterocycles. The van der Waals surface area contributed by atoms with Gasteiger partial charge in [0.1, 0.15) is 5.69 Å². The number of hydrogen-bond acceptors (Lipinski definition) is 4.